The van der Waals surface area contributed by atoms with E-state index in [0.29, 0.717) is 21.9 Å². The molecule has 0 spiro atoms. The first-order valence-corrected chi connectivity index (χ1v) is 10.8. The molecule has 0 saturated heterocycles. The highest BCUT2D eigenvalue weighted by atomic mass is 35.5. The standard InChI is InChI=1S/C27H23ClFNO3/c1-17-8-11-21(15-22(17)27(31)32-3)30-18(2)9-12-25(30)23-14-20(28)10-13-26(23)33-16-19-6-4-5-7-24(19)29/h4-15H,16H2,1-3H3. The van der Waals surface area contributed by atoms with E-state index < -0.39 is 5.97 Å². The molecule has 0 N–H and O–H groups in total. The van der Waals surface area contributed by atoms with Crippen LogP contribution in [0, 0.1) is 19.7 Å². The zero-order chi connectivity index (χ0) is 23.5. The Bertz CT molecular complexity index is 1330. The van der Waals surface area contributed by atoms with Crippen LogP contribution in [0.2, 0.25) is 5.02 Å². The van der Waals surface area contributed by atoms with E-state index in [0.717, 1.165) is 28.2 Å². The van der Waals surface area contributed by atoms with Gasteiger partial charge in [0.2, 0.25) is 0 Å². The number of nitrogens with zero attached hydrogens (tertiary/aromatic N) is 1. The van der Waals surface area contributed by atoms with E-state index in [-0.39, 0.29) is 12.4 Å². The van der Waals surface area contributed by atoms with E-state index in [1.807, 2.05) is 54.8 Å². The van der Waals surface area contributed by atoms with Crippen molar-refractivity contribution in [2.45, 2.75) is 20.5 Å². The summed E-state index contributed by atoms with van der Waals surface area (Å²) in [5.41, 5.74) is 5.14. The van der Waals surface area contributed by atoms with Crippen LogP contribution in [0.25, 0.3) is 16.9 Å². The Morgan fingerprint density at radius 2 is 1.79 bits per heavy atom. The van der Waals surface area contributed by atoms with Crippen LogP contribution in [0.4, 0.5) is 4.39 Å². The first-order chi connectivity index (χ1) is 15.9. The summed E-state index contributed by atoms with van der Waals surface area (Å²) in [7, 11) is 1.37. The third-order valence-electron chi connectivity index (χ3n) is 5.52. The second-order valence-electron chi connectivity index (χ2n) is 7.71. The number of benzene rings is 3. The van der Waals surface area contributed by atoms with Gasteiger partial charge in [-0.15, -0.1) is 0 Å². The van der Waals surface area contributed by atoms with Crippen LogP contribution in [0.15, 0.2) is 72.8 Å². The predicted octanol–water partition coefficient (Wildman–Crippen LogP) is 6.92. The number of carbonyl (C=O) groups is 1. The third kappa shape index (κ3) is 4.64. The molecule has 4 nitrogen and oxygen atoms in total. The van der Waals surface area contributed by atoms with Gasteiger partial charge in [0.25, 0.3) is 0 Å². The SMILES string of the molecule is COC(=O)c1cc(-n2c(C)ccc2-c2cc(Cl)ccc2OCc2ccccc2F)ccc1C. The van der Waals surface area contributed by atoms with Crippen LogP contribution in [-0.2, 0) is 11.3 Å². The summed E-state index contributed by atoms with van der Waals surface area (Å²) < 4.78 is 27.1. The average molecular weight is 464 g/mol. The van der Waals surface area contributed by atoms with E-state index in [1.54, 1.807) is 30.3 Å². The molecule has 4 rings (SSSR count). The number of rotatable bonds is 6. The topological polar surface area (TPSA) is 40.5 Å². The molecule has 0 fully saturated rings. The molecule has 6 heteroatoms. The molecule has 0 aliphatic heterocycles. The molecule has 0 aliphatic carbocycles. The number of ether oxygens (including phenoxy) is 2. The minimum atomic E-state index is -0.391. The fraction of sp³-hybridized carbons (Fsp3) is 0.148. The van der Waals surface area contributed by atoms with E-state index in [4.69, 9.17) is 21.1 Å². The first kappa shape index (κ1) is 22.6. The average Bonchev–Trinajstić information content (AvgIpc) is 3.20. The monoisotopic (exact) mass is 463 g/mol. The van der Waals surface area contributed by atoms with Crippen molar-refractivity contribution in [1.29, 1.82) is 0 Å². The summed E-state index contributed by atoms with van der Waals surface area (Å²) >= 11 is 6.33. The number of hydrogen-bond acceptors (Lipinski definition) is 3. The molecule has 168 valence electrons. The number of aromatic nitrogens is 1. The summed E-state index contributed by atoms with van der Waals surface area (Å²) in [6.45, 7) is 3.93. The maximum absolute atomic E-state index is 14.1. The molecule has 0 bridgehead atoms. The van der Waals surface area contributed by atoms with Crippen molar-refractivity contribution in [3.8, 4) is 22.7 Å². The number of halogens is 2. The zero-order valence-corrected chi connectivity index (χ0v) is 19.3. The highest BCUT2D eigenvalue weighted by Crippen LogP contribution is 2.36. The molecule has 0 amide bonds. The summed E-state index contributed by atoms with van der Waals surface area (Å²) in [6.07, 6.45) is 0. The Kier molecular flexibility index (Phi) is 6.52. The Hall–Kier alpha value is -3.57. The first-order valence-electron chi connectivity index (χ1n) is 10.4. The second-order valence-corrected chi connectivity index (χ2v) is 8.14. The van der Waals surface area contributed by atoms with Crippen molar-refractivity contribution in [1.82, 2.24) is 4.57 Å². The molecule has 0 radical (unpaired) electrons. The molecular formula is C27H23ClFNO3. The summed E-state index contributed by atoms with van der Waals surface area (Å²) in [6, 6.07) is 21.4. The van der Waals surface area contributed by atoms with E-state index in [9.17, 15) is 9.18 Å². The van der Waals surface area contributed by atoms with Gasteiger partial charge in [-0.05, 0) is 67.9 Å². The largest absolute Gasteiger partial charge is 0.488 e. The van der Waals surface area contributed by atoms with Gasteiger partial charge >= 0.3 is 5.97 Å². The highest BCUT2D eigenvalue weighted by molar-refractivity contribution is 6.31. The maximum atomic E-state index is 14.1. The Morgan fingerprint density at radius 1 is 1.00 bits per heavy atom. The van der Waals surface area contributed by atoms with Gasteiger partial charge in [0.1, 0.15) is 18.2 Å². The van der Waals surface area contributed by atoms with Crippen molar-refractivity contribution >= 4 is 17.6 Å². The number of carbonyl (C=O) groups excluding carboxylic acids is 1. The van der Waals surface area contributed by atoms with Crippen LogP contribution in [0.1, 0.15) is 27.2 Å². The van der Waals surface area contributed by atoms with Crippen LogP contribution in [0.5, 0.6) is 5.75 Å². The molecular weight excluding hydrogens is 441 g/mol. The number of esters is 1. The van der Waals surface area contributed by atoms with Crippen molar-refractivity contribution in [3.63, 3.8) is 0 Å². The second kappa shape index (κ2) is 9.51. The van der Waals surface area contributed by atoms with Gasteiger partial charge in [0.05, 0.1) is 18.4 Å². The molecule has 3 aromatic carbocycles. The van der Waals surface area contributed by atoms with Crippen LogP contribution < -0.4 is 4.74 Å². The number of methoxy groups -OCH3 is 1. The molecule has 0 saturated carbocycles. The quantitative estimate of drug-likeness (QED) is 0.291. The number of aryl methyl sites for hydroxylation is 2. The van der Waals surface area contributed by atoms with Crippen molar-refractivity contribution in [2.24, 2.45) is 0 Å². The Balaban J connectivity index is 1.78. The lowest BCUT2D eigenvalue weighted by molar-refractivity contribution is 0.0600. The van der Waals surface area contributed by atoms with Crippen LogP contribution in [0.3, 0.4) is 0 Å². The van der Waals surface area contributed by atoms with Crippen LogP contribution >= 0.6 is 11.6 Å². The van der Waals surface area contributed by atoms with Gasteiger partial charge in [-0.1, -0.05) is 35.9 Å². The molecule has 0 aliphatic rings. The Labute approximate surface area is 197 Å². The molecule has 0 atom stereocenters. The smallest absolute Gasteiger partial charge is 0.338 e. The molecule has 1 aromatic heterocycles. The van der Waals surface area contributed by atoms with Gasteiger partial charge in [-0.3, -0.25) is 0 Å². The highest BCUT2D eigenvalue weighted by Gasteiger charge is 2.17. The van der Waals surface area contributed by atoms with Crippen molar-refractivity contribution in [3.05, 3.63) is 106 Å². The summed E-state index contributed by atoms with van der Waals surface area (Å²) in [5.74, 6) is -0.137. The third-order valence-corrected chi connectivity index (χ3v) is 5.75. The molecule has 1 heterocycles. The van der Waals surface area contributed by atoms with E-state index in [1.165, 1.54) is 13.2 Å². The zero-order valence-electron chi connectivity index (χ0n) is 18.6. The van der Waals surface area contributed by atoms with Gasteiger partial charge in [-0.2, -0.15) is 0 Å². The maximum Gasteiger partial charge on any atom is 0.338 e. The summed E-state index contributed by atoms with van der Waals surface area (Å²) in [5, 5.41) is 0.549. The van der Waals surface area contributed by atoms with E-state index in [2.05, 4.69) is 0 Å². The normalized spacial score (nSPS) is 10.8. The summed E-state index contributed by atoms with van der Waals surface area (Å²) in [4.78, 5) is 12.2. The van der Waals surface area contributed by atoms with Crippen LogP contribution in [-0.4, -0.2) is 17.6 Å². The molecule has 4 aromatic rings. The fourth-order valence-corrected chi connectivity index (χ4v) is 3.94. The Morgan fingerprint density at radius 3 is 2.55 bits per heavy atom. The van der Waals surface area contributed by atoms with Gasteiger partial charge in [0.15, 0.2) is 0 Å². The minimum absolute atomic E-state index is 0.0814. The van der Waals surface area contributed by atoms with Gasteiger partial charge < -0.3 is 14.0 Å². The molecule has 33 heavy (non-hydrogen) atoms. The van der Waals surface area contributed by atoms with Crippen molar-refractivity contribution in [2.75, 3.05) is 7.11 Å². The lowest BCUT2D eigenvalue weighted by atomic mass is 10.1. The lowest BCUT2D eigenvalue weighted by Crippen LogP contribution is -2.07. The predicted molar refractivity (Wildman–Crippen MR) is 128 cm³/mol. The van der Waals surface area contributed by atoms with Gasteiger partial charge in [0, 0.05) is 27.5 Å². The van der Waals surface area contributed by atoms with Crippen molar-refractivity contribution < 1.29 is 18.7 Å². The molecule has 0 unspecified atom stereocenters. The van der Waals surface area contributed by atoms with Gasteiger partial charge in [-0.25, -0.2) is 9.18 Å². The lowest BCUT2D eigenvalue weighted by Gasteiger charge is -2.17. The minimum Gasteiger partial charge on any atom is -0.488 e. The number of hydrogen-bond donors (Lipinski definition) is 0. The van der Waals surface area contributed by atoms with E-state index >= 15 is 0 Å². The fourth-order valence-electron chi connectivity index (χ4n) is 3.77.